The zero-order valence-electron chi connectivity index (χ0n) is 19.2. The van der Waals surface area contributed by atoms with E-state index in [2.05, 4.69) is 15.3 Å². The maximum atomic E-state index is 12.2. The van der Waals surface area contributed by atoms with Crippen LogP contribution < -0.4 is 4.74 Å². The highest BCUT2D eigenvalue weighted by Crippen LogP contribution is 2.57. The summed E-state index contributed by atoms with van der Waals surface area (Å²) < 4.78 is 18.5. The van der Waals surface area contributed by atoms with Gasteiger partial charge in [-0.25, -0.2) is 9.48 Å². The van der Waals surface area contributed by atoms with Gasteiger partial charge in [-0.15, -0.1) is 5.10 Å². The first-order valence-corrected chi connectivity index (χ1v) is 11.5. The molecule has 7 rings (SSSR count). The van der Waals surface area contributed by atoms with E-state index in [1.165, 1.54) is 12.7 Å². The summed E-state index contributed by atoms with van der Waals surface area (Å²) in [7, 11) is 1.36. The fourth-order valence-electron chi connectivity index (χ4n) is 5.81. The van der Waals surface area contributed by atoms with Crippen LogP contribution in [0.1, 0.15) is 42.7 Å². The number of rotatable bonds is 5. The maximum absolute atomic E-state index is 12.2. The van der Waals surface area contributed by atoms with E-state index in [4.69, 9.17) is 14.2 Å². The molecule has 1 amide bonds. The average Bonchev–Trinajstić information content (AvgIpc) is 3.55. The van der Waals surface area contributed by atoms with Crippen molar-refractivity contribution in [1.82, 2.24) is 24.9 Å². The first-order valence-electron chi connectivity index (χ1n) is 11.5. The number of benzene rings is 1. The molecular weight excluding hydrogens is 438 g/mol. The van der Waals surface area contributed by atoms with Crippen LogP contribution in [0, 0.1) is 0 Å². The van der Waals surface area contributed by atoms with Gasteiger partial charge in [0.2, 0.25) is 0 Å². The van der Waals surface area contributed by atoms with Crippen LogP contribution in [-0.2, 0) is 28.0 Å². The van der Waals surface area contributed by atoms with E-state index in [0.717, 1.165) is 28.6 Å². The highest BCUT2D eigenvalue weighted by molar-refractivity contribution is 5.84. The number of aliphatic hydroxyl groups is 1. The molecule has 10 nitrogen and oxygen atoms in total. The van der Waals surface area contributed by atoms with Gasteiger partial charge < -0.3 is 19.3 Å². The van der Waals surface area contributed by atoms with Crippen LogP contribution in [0.15, 0.2) is 30.6 Å². The lowest BCUT2D eigenvalue weighted by atomic mass is 9.68. The van der Waals surface area contributed by atoms with Crippen molar-refractivity contribution in [3.8, 4) is 5.75 Å². The number of pyridine rings is 1. The predicted octanol–water partition coefficient (Wildman–Crippen LogP) is 2.34. The molecule has 1 aromatic carbocycles. The van der Waals surface area contributed by atoms with Crippen LogP contribution in [0.2, 0.25) is 0 Å². The Morgan fingerprint density at radius 1 is 1.35 bits per heavy atom. The van der Waals surface area contributed by atoms with Gasteiger partial charge >= 0.3 is 6.09 Å². The number of hydrogen-bond donors (Lipinski definition) is 1. The minimum absolute atomic E-state index is 0.0996. The van der Waals surface area contributed by atoms with Gasteiger partial charge in [-0.1, -0.05) is 5.21 Å². The van der Waals surface area contributed by atoms with Gasteiger partial charge in [-0.2, -0.15) is 0 Å². The van der Waals surface area contributed by atoms with Gasteiger partial charge in [0, 0.05) is 24.4 Å². The third kappa shape index (κ3) is 3.08. The Labute approximate surface area is 196 Å². The Kier molecular flexibility index (Phi) is 4.79. The van der Waals surface area contributed by atoms with Gasteiger partial charge in [0.1, 0.15) is 17.5 Å². The molecule has 1 saturated carbocycles. The second-order valence-corrected chi connectivity index (χ2v) is 9.61. The van der Waals surface area contributed by atoms with Gasteiger partial charge in [-0.05, 0) is 42.7 Å². The summed E-state index contributed by atoms with van der Waals surface area (Å²) in [6, 6.07) is 5.94. The number of aromatic nitrogens is 4. The van der Waals surface area contributed by atoms with Crippen molar-refractivity contribution in [2.75, 3.05) is 26.9 Å². The molecule has 10 heteroatoms. The Morgan fingerprint density at radius 2 is 2.21 bits per heavy atom. The molecule has 178 valence electrons. The number of amides is 1. The second kappa shape index (κ2) is 7.64. The monoisotopic (exact) mass is 465 g/mol. The summed E-state index contributed by atoms with van der Waals surface area (Å²) in [5, 5.41) is 19.7. The molecule has 2 saturated heterocycles. The van der Waals surface area contributed by atoms with Crippen LogP contribution in [0.4, 0.5) is 4.79 Å². The Bertz CT molecular complexity index is 1270. The van der Waals surface area contributed by atoms with E-state index in [1.807, 2.05) is 42.2 Å². The normalized spacial score (nSPS) is 26.1. The molecule has 3 fully saturated rings. The van der Waals surface area contributed by atoms with Crippen molar-refractivity contribution in [2.45, 2.75) is 50.0 Å². The van der Waals surface area contributed by atoms with Crippen molar-refractivity contribution >= 4 is 17.0 Å². The number of carbonyl (C=O) groups is 1. The first-order chi connectivity index (χ1) is 16.5. The van der Waals surface area contributed by atoms with Crippen molar-refractivity contribution in [3.63, 3.8) is 0 Å². The third-order valence-electron chi connectivity index (χ3n) is 7.55. The number of carbonyl (C=O) groups excluding carboxylic acids is 1. The SMILES string of the molecule is COC(=O)N1CC2(n3cc([C@@H](C)Oc4ccc5ncc6c(c5c4)CCOC6)nn3)CC1(CO)C2. The minimum Gasteiger partial charge on any atom is -0.484 e. The van der Waals surface area contributed by atoms with Crippen molar-refractivity contribution in [3.05, 3.63) is 47.4 Å². The van der Waals surface area contributed by atoms with Gasteiger partial charge in [0.05, 0.1) is 56.3 Å². The molecule has 0 unspecified atom stereocenters. The number of hydrogen-bond acceptors (Lipinski definition) is 8. The van der Waals surface area contributed by atoms with Crippen LogP contribution in [0.3, 0.4) is 0 Å². The summed E-state index contributed by atoms with van der Waals surface area (Å²) in [5.41, 5.74) is 3.09. The molecule has 1 N–H and O–H groups in total. The maximum Gasteiger partial charge on any atom is 0.410 e. The van der Waals surface area contributed by atoms with Crippen molar-refractivity contribution in [2.24, 2.45) is 0 Å². The quantitative estimate of drug-likeness (QED) is 0.611. The van der Waals surface area contributed by atoms with E-state index in [9.17, 15) is 9.90 Å². The zero-order valence-corrected chi connectivity index (χ0v) is 19.2. The molecule has 1 aliphatic carbocycles. The molecule has 3 aliphatic heterocycles. The standard InChI is InChI=1S/C24H27N5O5/c1-15(34-17-3-4-20-19(7-17)18-5-6-33-10-16(18)8-25-20)21-9-29(27-26-21)23-11-24(12-23,14-30)28(13-23)22(31)32-2/h3-4,7-9,15,30H,5-6,10-14H2,1-2H3/t15-,23?,24?/m1/s1. The van der Waals surface area contributed by atoms with Gasteiger partial charge in [0.25, 0.3) is 0 Å². The Balaban J connectivity index is 1.22. The molecule has 3 aromatic rings. The van der Waals surface area contributed by atoms with E-state index in [0.29, 0.717) is 38.3 Å². The topological polar surface area (TPSA) is 112 Å². The van der Waals surface area contributed by atoms with E-state index >= 15 is 0 Å². The average molecular weight is 466 g/mol. The summed E-state index contributed by atoms with van der Waals surface area (Å²) in [5.74, 6) is 0.745. The summed E-state index contributed by atoms with van der Waals surface area (Å²) in [6.07, 6.45) is 5.14. The van der Waals surface area contributed by atoms with Crippen LogP contribution in [-0.4, -0.2) is 68.5 Å². The van der Waals surface area contributed by atoms with Crippen molar-refractivity contribution < 1.29 is 24.1 Å². The number of methoxy groups -OCH3 is 1. The fourth-order valence-corrected chi connectivity index (χ4v) is 5.81. The highest BCUT2D eigenvalue weighted by atomic mass is 16.5. The van der Waals surface area contributed by atoms with E-state index in [1.54, 1.807) is 4.90 Å². The van der Waals surface area contributed by atoms with Crippen LogP contribution >= 0.6 is 0 Å². The third-order valence-corrected chi connectivity index (χ3v) is 7.55. The molecule has 5 heterocycles. The van der Waals surface area contributed by atoms with E-state index < -0.39 is 11.6 Å². The largest absolute Gasteiger partial charge is 0.484 e. The van der Waals surface area contributed by atoms with Crippen LogP contribution in [0.25, 0.3) is 10.9 Å². The van der Waals surface area contributed by atoms with Crippen LogP contribution in [0.5, 0.6) is 5.75 Å². The summed E-state index contributed by atoms with van der Waals surface area (Å²) in [4.78, 5) is 18.4. The Morgan fingerprint density at radius 3 is 3.00 bits per heavy atom. The molecule has 1 atom stereocenters. The lowest BCUT2D eigenvalue weighted by molar-refractivity contribution is 0.00711. The lowest BCUT2D eigenvalue weighted by Crippen LogP contribution is -2.56. The van der Waals surface area contributed by atoms with E-state index in [-0.39, 0.29) is 18.2 Å². The molecule has 0 radical (unpaired) electrons. The number of aliphatic hydroxyl groups excluding tert-OH is 1. The molecule has 2 bridgehead atoms. The van der Waals surface area contributed by atoms with Gasteiger partial charge in [0.15, 0.2) is 0 Å². The minimum atomic E-state index is -0.579. The van der Waals surface area contributed by atoms with Gasteiger partial charge in [-0.3, -0.25) is 9.88 Å². The smallest absolute Gasteiger partial charge is 0.410 e. The molecule has 2 aromatic heterocycles. The zero-order chi connectivity index (χ0) is 23.5. The lowest BCUT2D eigenvalue weighted by Gasteiger charge is -2.45. The molecule has 0 spiro atoms. The molecule has 4 aliphatic rings. The number of nitrogens with zero attached hydrogens (tertiary/aromatic N) is 5. The second-order valence-electron chi connectivity index (χ2n) is 9.61. The number of ether oxygens (including phenoxy) is 3. The molecule has 34 heavy (non-hydrogen) atoms. The molecular formula is C24H27N5O5. The summed E-state index contributed by atoms with van der Waals surface area (Å²) >= 11 is 0. The Hall–Kier alpha value is -3.24. The first kappa shape index (κ1) is 21.3. The predicted molar refractivity (Wildman–Crippen MR) is 120 cm³/mol. The number of fused-ring (bicyclic) bond motifs is 4. The summed E-state index contributed by atoms with van der Waals surface area (Å²) in [6.45, 7) is 3.58. The van der Waals surface area contributed by atoms with Crippen molar-refractivity contribution in [1.29, 1.82) is 0 Å². The fraction of sp³-hybridized carbons (Fsp3) is 0.500. The highest BCUT2D eigenvalue weighted by Gasteiger charge is 2.68.